The molecular weight excluding hydrogens is 388 g/mol. The quantitative estimate of drug-likeness (QED) is 0.711. The summed E-state index contributed by atoms with van der Waals surface area (Å²) in [6, 6.07) is 12.0. The molecule has 1 amide bonds. The summed E-state index contributed by atoms with van der Waals surface area (Å²) in [7, 11) is -2.38. The van der Waals surface area contributed by atoms with Gasteiger partial charge in [-0.15, -0.1) is 0 Å². The van der Waals surface area contributed by atoms with Gasteiger partial charge in [-0.2, -0.15) is 0 Å². The fourth-order valence-corrected chi connectivity index (χ4v) is 5.18. The van der Waals surface area contributed by atoms with Gasteiger partial charge in [0.05, 0.1) is 7.11 Å². The third-order valence-corrected chi connectivity index (χ3v) is 6.83. The second kappa shape index (κ2) is 9.41. The van der Waals surface area contributed by atoms with E-state index in [1.54, 1.807) is 6.07 Å². The Labute approximate surface area is 172 Å². The molecule has 0 aliphatic heterocycles. The predicted octanol–water partition coefficient (Wildman–Crippen LogP) is 4.12. The number of nitrogens with one attached hydrogen (secondary N) is 2. The average molecular weight is 417 g/mol. The number of sulfonamides is 1. The van der Waals surface area contributed by atoms with Gasteiger partial charge in [-0.05, 0) is 49.1 Å². The molecule has 0 heterocycles. The van der Waals surface area contributed by atoms with Crippen molar-refractivity contribution in [3.8, 4) is 5.75 Å². The van der Waals surface area contributed by atoms with Crippen LogP contribution < -0.4 is 14.8 Å². The first-order chi connectivity index (χ1) is 13.9. The molecule has 2 aromatic carbocycles. The molecule has 29 heavy (non-hydrogen) atoms. The molecule has 0 saturated heterocycles. The van der Waals surface area contributed by atoms with Gasteiger partial charge in [-0.25, -0.2) is 13.1 Å². The summed E-state index contributed by atoms with van der Waals surface area (Å²) >= 11 is 0. The predicted molar refractivity (Wildman–Crippen MR) is 114 cm³/mol. The Bertz CT molecular complexity index is 967. The molecule has 2 N–H and O–H groups in total. The Morgan fingerprint density at radius 2 is 1.83 bits per heavy atom. The number of carbonyl (C=O) groups excluding carboxylic acids is 1. The van der Waals surface area contributed by atoms with Crippen molar-refractivity contribution < 1.29 is 17.9 Å². The van der Waals surface area contributed by atoms with Crippen molar-refractivity contribution >= 4 is 21.6 Å². The number of methoxy groups -OCH3 is 1. The molecular formula is C22H28N2O4S. The molecule has 1 aliphatic carbocycles. The van der Waals surface area contributed by atoms with Crippen LogP contribution in [0.4, 0.5) is 5.69 Å². The van der Waals surface area contributed by atoms with Gasteiger partial charge in [0, 0.05) is 17.3 Å². The molecule has 1 saturated carbocycles. The van der Waals surface area contributed by atoms with E-state index in [9.17, 15) is 13.2 Å². The highest BCUT2D eigenvalue weighted by Crippen LogP contribution is 2.27. The standard InChI is InChI=1S/C22H28N2O4S/c1-3-16-9-7-8-12-19(16)23-22(25)17-13-14-20(28-2)21(15-17)29(26,27)24-18-10-5-4-6-11-18/h7-9,12-15,18,24H,3-6,10-11H2,1-2H3,(H,23,25). The zero-order valence-corrected chi connectivity index (χ0v) is 17.7. The van der Waals surface area contributed by atoms with E-state index < -0.39 is 10.0 Å². The Morgan fingerprint density at radius 3 is 2.52 bits per heavy atom. The van der Waals surface area contributed by atoms with Crippen LogP contribution in [0.2, 0.25) is 0 Å². The molecule has 3 rings (SSSR count). The highest BCUT2D eigenvalue weighted by Gasteiger charge is 2.26. The highest BCUT2D eigenvalue weighted by molar-refractivity contribution is 7.89. The minimum Gasteiger partial charge on any atom is -0.495 e. The van der Waals surface area contributed by atoms with Gasteiger partial charge in [0.15, 0.2) is 0 Å². The van der Waals surface area contributed by atoms with Gasteiger partial charge in [-0.1, -0.05) is 44.4 Å². The van der Waals surface area contributed by atoms with Crippen molar-refractivity contribution in [2.24, 2.45) is 0 Å². The van der Waals surface area contributed by atoms with Crippen LogP contribution in [-0.4, -0.2) is 27.5 Å². The van der Waals surface area contributed by atoms with Gasteiger partial charge >= 0.3 is 0 Å². The summed E-state index contributed by atoms with van der Waals surface area (Å²) in [6.45, 7) is 2.01. The van der Waals surface area contributed by atoms with Gasteiger partial charge in [0.2, 0.25) is 10.0 Å². The lowest BCUT2D eigenvalue weighted by molar-refractivity contribution is 0.102. The minimum atomic E-state index is -3.80. The highest BCUT2D eigenvalue weighted by atomic mass is 32.2. The summed E-state index contributed by atoms with van der Waals surface area (Å²) in [5.74, 6) is -0.138. The average Bonchev–Trinajstić information content (AvgIpc) is 2.74. The van der Waals surface area contributed by atoms with Gasteiger partial charge in [-0.3, -0.25) is 4.79 Å². The Kier molecular flexibility index (Phi) is 6.92. The van der Waals surface area contributed by atoms with E-state index in [0.29, 0.717) is 0 Å². The number of benzene rings is 2. The molecule has 2 aromatic rings. The second-order valence-corrected chi connectivity index (χ2v) is 8.97. The van der Waals surface area contributed by atoms with Crippen LogP contribution in [0, 0.1) is 0 Å². The Morgan fingerprint density at radius 1 is 1.10 bits per heavy atom. The van der Waals surface area contributed by atoms with E-state index in [2.05, 4.69) is 10.0 Å². The zero-order chi connectivity index (χ0) is 20.9. The lowest BCUT2D eigenvalue weighted by Crippen LogP contribution is -2.36. The van der Waals surface area contributed by atoms with E-state index in [0.717, 1.165) is 49.8 Å². The van der Waals surface area contributed by atoms with Crippen LogP contribution in [0.25, 0.3) is 0 Å². The van der Waals surface area contributed by atoms with Crippen LogP contribution in [0.1, 0.15) is 54.9 Å². The number of aryl methyl sites for hydroxylation is 1. The second-order valence-electron chi connectivity index (χ2n) is 7.29. The van der Waals surface area contributed by atoms with Crippen molar-refractivity contribution in [1.82, 2.24) is 4.72 Å². The first kappa shape index (κ1) is 21.3. The summed E-state index contributed by atoms with van der Waals surface area (Å²) in [6.07, 6.45) is 5.61. The fraction of sp³-hybridized carbons (Fsp3) is 0.409. The molecule has 0 atom stereocenters. The maximum Gasteiger partial charge on any atom is 0.255 e. The maximum atomic E-state index is 13.0. The Hall–Kier alpha value is -2.38. The molecule has 0 unspecified atom stereocenters. The normalized spacial score (nSPS) is 15.1. The number of hydrogen-bond acceptors (Lipinski definition) is 4. The number of amides is 1. The monoisotopic (exact) mass is 416 g/mol. The Balaban J connectivity index is 1.87. The number of ether oxygens (including phenoxy) is 1. The van der Waals surface area contributed by atoms with E-state index in [1.165, 1.54) is 19.2 Å². The molecule has 156 valence electrons. The zero-order valence-electron chi connectivity index (χ0n) is 16.9. The summed E-state index contributed by atoms with van der Waals surface area (Å²) in [5, 5.41) is 2.88. The van der Waals surface area contributed by atoms with Crippen molar-refractivity contribution in [3.05, 3.63) is 53.6 Å². The van der Waals surface area contributed by atoms with Crippen molar-refractivity contribution in [3.63, 3.8) is 0 Å². The van der Waals surface area contributed by atoms with Gasteiger partial charge in [0.25, 0.3) is 5.91 Å². The van der Waals surface area contributed by atoms with E-state index in [1.807, 2.05) is 31.2 Å². The fourth-order valence-electron chi connectivity index (χ4n) is 3.68. The van der Waals surface area contributed by atoms with Crippen LogP contribution in [0.15, 0.2) is 47.4 Å². The molecule has 7 heteroatoms. The van der Waals surface area contributed by atoms with Gasteiger partial charge in [0.1, 0.15) is 10.6 Å². The summed E-state index contributed by atoms with van der Waals surface area (Å²) in [5.41, 5.74) is 2.00. The number of anilines is 1. The van der Waals surface area contributed by atoms with E-state index >= 15 is 0 Å². The number of hydrogen-bond donors (Lipinski definition) is 2. The molecule has 0 radical (unpaired) electrons. The van der Waals surface area contributed by atoms with E-state index in [4.69, 9.17) is 4.74 Å². The van der Waals surface area contributed by atoms with E-state index in [-0.39, 0.29) is 28.2 Å². The summed E-state index contributed by atoms with van der Waals surface area (Å²) in [4.78, 5) is 12.8. The van der Waals surface area contributed by atoms with Crippen LogP contribution >= 0.6 is 0 Å². The molecule has 0 bridgehead atoms. The van der Waals surface area contributed by atoms with Crippen LogP contribution in [0.5, 0.6) is 5.75 Å². The van der Waals surface area contributed by atoms with Crippen LogP contribution in [-0.2, 0) is 16.4 Å². The van der Waals surface area contributed by atoms with Crippen molar-refractivity contribution in [2.45, 2.75) is 56.4 Å². The summed E-state index contributed by atoms with van der Waals surface area (Å²) < 4.78 is 34.0. The van der Waals surface area contributed by atoms with Gasteiger partial charge < -0.3 is 10.1 Å². The number of carbonyl (C=O) groups is 1. The minimum absolute atomic E-state index is 0.0120. The van der Waals surface area contributed by atoms with Crippen molar-refractivity contribution in [1.29, 1.82) is 0 Å². The van der Waals surface area contributed by atoms with Crippen LogP contribution in [0.3, 0.4) is 0 Å². The first-order valence-electron chi connectivity index (χ1n) is 10.0. The third kappa shape index (κ3) is 5.16. The lowest BCUT2D eigenvalue weighted by atomic mass is 9.96. The molecule has 0 spiro atoms. The molecule has 1 aliphatic rings. The smallest absolute Gasteiger partial charge is 0.255 e. The SMILES string of the molecule is CCc1ccccc1NC(=O)c1ccc(OC)c(S(=O)(=O)NC2CCCCC2)c1. The third-order valence-electron chi connectivity index (χ3n) is 5.29. The lowest BCUT2D eigenvalue weighted by Gasteiger charge is -2.23. The molecule has 1 fully saturated rings. The largest absolute Gasteiger partial charge is 0.495 e. The number of rotatable bonds is 7. The number of para-hydroxylation sites is 1. The molecule has 0 aromatic heterocycles. The topological polar surface area (TPSA) is 84.5 Å². The van der Waals surface area contributed by atoms with Crippen molar-refractivity contribution in [2.75, 3.05) is 12.4 Å². The first-order valence-corrected chi connectivity index (χ1v) is 11.5. The molecule has 6 nitrogen and oxygen atoms in total. The maximum absolute atomic E-state index is 13.0.